The maximum Gasteiger partial charge on any atom is -1.00 e. The Hall–Kier alpha value is -3.10. The SMILES string of the molecule is CC(C)(C)C1=CC(C)(C)c2cc3[cH-]c4cc5c(cc4c3cc21)C(C(C)(C)C)=CC5(C)C.CC(C)(C)C1=CC[C-]=C1.Fc1ccc([C](=[Zr+2])c2ccc(F)cc2)cc1.[Cl-].[Cl-]. The summed E-state index contributed by atoms with van der Waals surface area (Å²) in [4.78, 5) is 0. The van der Waals surface area contributed by atoms with E-state index in [0.717, 1.165) is 20.8 Å². The van der Waals surface area contributed by atoms with Crippen LogP contribution in [0.4, 0.5) is 8.78 Å². The summed E-state index contributed by atoms with van der Waals surface area (Å²) >= 11 is 1.22. The average molecular weight is 895 g/mol. The fraction of sp³-hybridized carbons (Fsp3) is 0.358. The van der Waals surface area contributed by atoms with E-state index in [-0.39, 0.29) is 58.1 Å². The van der Waals surface area contributed by atoms with E-state index in [1.54, 1.807) is 24.3 Å². The maximum atomic E-state index is 12.8. The molecule has 0 unspecified atom stereocenters. The van der Waals surface area contributed by atoms with Gasteiger partial charge < -0.3 is 24.8 Å². The van der Waals surface area contributed by atoms with Crippen molar-refractivity contribution in [3.63, 3.8) is 0 Å². The van der Waals surface area contributed by atoms with Gasteiger partial charge in [-0.25, -0.2) is 6.08 Å². The van der Waals surface area contributed by atoms with E-state index in [4.69, 9.17) is 0 Å². The molecule has 0 bridgehead atoms. The molecule has 8 rings (SSSR count). The van der Waals surface area contributed by atoms with Crippen LogP contribution in [0.1, 0.15) is 130 Å². The van der Waals surface area contributed by atoms with Crippen LogP contribution in [-0.2, 0) is 35.1 Å². The molecule has 5 heteroatoms. The first-order valence-corrected chi connectivity index (χ1v) is 21.2. The molecule has 58 heavy (non-hydrogen) atoms. The van der Waals surface area contributed by atoms with Crippen molar-refractivity contribution in [2.75, 3.05) is 0 Å². The van der Waals surface area contributed by atoms with Gasteiger partial charge in [-0.3, -0.25) is 6.08 Å². The molecule has 0 N–H and O–H groups in total. The number of allylic oxidation sites excluding steroid dienone is 8. The monoisotopic (exact) mass is 892 g/mol. The summed E-state index contributed by atoms with van der Waals surface area (Å²) in [7, 11) is 0. The van der Waals surface area contributed by atoms with Gasteiger partial charge in [0.1, 0.15) is 0 Å². The van der Waals surface area contributed by atoms with Gasteiger partial charge in [-0.05, 0) is 33.1 Å². The molecule has 0 atom stereocenters. The zero-order valence-electron chi connectivity index (χ0n) is 36.5. The van der Waals surface area contributed by atoms with E-state index in [2.05, 4.69) is 151 Å². The van der Waals surface area contributed by atoms with Gasteiger partial charge in [-0.2, -0.15) is 11.6 Å². The summed E-state index contributed by atoms with van der Waals surface area (Å²) in [5, 5.41) is 5.58. The third-order valence-electron chi connectivity index (χ3n) is 11.4. The molecule has 3 aliphatic carbocycles. The average Bonchev–Trinajstić information content (AvgIpc) is 3.87. The Balaban J connectivity index is 0.000000230. The Bertz CT molecular complexity index is 2300. The van der Waals surface area contributed by atoms with E-state index in [1.807, 2.05) is 0 Å². The Morgan fingerprint density at radius 2 is 0.983 bits per heavy atom. The van der Waals surface area contributed by atoms with Crippen LogP contribution in [-0.4, -0.2) is 3.21 Å². The summed E-state index contributed by atoms with van der Waals surface area (Å²) in [6.07, 6.45) is 13.5. The molecule has 3 aliphatic rings. The Labute approximate surface area is 374 Å². The minimum absolute atomic E-state index is 0. The van der Waals surface area contributed by atoms with E-state index in [9.17, 15) is 8.78 Å². The normalized spacial score (nSPS) is 16.1. The molecular weight excluding hydrogens is 837 g/mol. The van der Waals surface area contributed by atoms with Crippen LogP contribution in [0.3, 0.4) is 0 Å². The van der Waals surface area contributed by atoms with Crippen molar-refractivity contribution < 1.29 is 57.8 Å². The van der Waals surface area contributed by atoms with Crippen molar-refractivity contribution >= 4 is 35.9 Å². The first-order chi connectivity index (χ1) is 25.9. The topological polar surface area (TPSA) is 0 Å². The summed E-state index contributed by atoms with van der Waals surface area (Å²) in [6.45, 7) is 30.1. The van der Waals surface area contributed by atoms with E-state index in [1.165, 1.54) is 109 Å². The number of benzene rings is 4. The predicted molar refractivity (Wildman–Crippen MR) is 234 cm³/mol. The fourth-order valence-corrected chi connectivity index (χ4v) is 9.03. The standard InChI is InChI=1S/C31H37.C13H8F2.C9H13.2ClH.Zr/c1-28(2,3)26-16-30(7,8)24-12-18-11-19-13-25-23(15-21(19)20(18)14-22(24)26)27(29(4,5)6)17-31(25,9)10;14-12-5-1-10(2-6-12)9-11-3-7-13(15)8-4-11;1-9(2,3)8-6-4-5-7-8;;;/h11-17H,1-10H3;1-8H;6-7H,4H2,1-3H3;2*1H;/q-1;;-1;;;+2/p-2. The zero-order valence-corrected chi connectivity index (χ0v) is 40.5. The molecule has 5 aromatic carbocycles. The van der Waals surface area contributed by atoms with Crippen LogP contribution in [0.15, 0.2) is 109 Å². The first-order valence-electron chi connectivity index (χ1n) is 19.9. The smallest absolute Gasteiger partial charge is 1.00 e. The van der Waals surface area contributed by atoms with Gasteiger partial charge in [-0.1, -0.05) is 131 Å². The third kappa shape index (κ3) is 9.91. The maximum absolute atomic E-state index is 12.8. The van der Waals surface area contributed by atoms with Crippen LogP contribution in [0, 0.1) is 34.0 Å². The summed E-state index contributed by atoms with van der Waals surface area (Å²) in [6, 6.07) is 25.0. The molecular formula is C53H58Cl2F2Zr-2. The number of hydrogen-bond acceptors (Lipinski definition) is 0. The largest absolute Gasteiger partial charge is 1.00 e. The van der Waals surface area contributed by atoms with E-state index >= 15 is 0 Å². The molecule has 304 valence electrons. The molecule has 0 saturated carbocycles. The molecule has 0 aromatic heterocycles. The Morgan fingerprint density at radius 1 is 0.603 bits per heavy atom. The van der Waals surface area contributed by atoms with Gasteiger partial charge in [-0.15, -0.1) is 46.2 Å². The van der Waals surface area contributed by atoms with Crippen LogP contribution in [0.5, 0.6) is 0 Å². The molecule has 5 aromatic rings. The minimum atomic E-state index is -0.244. The van der Waals surface area contributed by atoms with Crippen LogP contribution in [0.25, 0.3) is 32.7 Å². The quantitative estimate of drug-likeness (QED) is 0.156. The summed E-state index contributed by atoms with van der Waals surface area (Å²) in [5.41, 5.74) is 13.0. The first kappa shape index (κ1) is 47.6. The molecule has 0 aliphatic heterocycles. The summed E-state index contributed by atoms with van der Waals surface area (Å²) in [5.74, 6) is -0.488. The van der Waals surface area contributed by atoms with E-state index < -0.39 is 0 Å². The van der Waals surface area contributed by atoms with Gasteiger partial charge >= 0.3 is 108 Å². The van der Waals surface area contributed by atoms with Crippen molar-refractivity contribution in [2.45, 2.75) is 107 Å². The molecule has 0 nitrogen and oxygen atoms in total. The van der Waals surface area contributed by atoms with Crippen molar-refractivity contribution in [1.29, 1.82) is 0 Å². The fourth-order valence-electron chi connectivity index (χ4n) is 8.21. The van der Waals surface area contributed by atoms with Gasteiger partial charge in [0.05, 0.1) is 0 Å². The molecule has 0 radical (unpaired) electrons. The minimum Gasteiger partial charge on any atom is -1.00 e. The third-order valence-corrected chi connectivity index (χ3v) is 12.8. The molecule has 0 fully saturated rings. The molecule has 0 spiro atoms. The van der Waals surface area contributed by atoms with Crippen LogP contribution in [0.2, 0.25) is 0 Å². The predicted octanol–water partition coefficient (Wildman–Crippen LogP) is 8.96. The molecule has 0 amide bonds. The van der Waals surface area contributed by atoms with Gasteiger partial charge in [0, 0.05) is 10.8 Å². The number of rotatable bonds is 2. The van der Waals surface area contributed by atoms with Gasteiger partial charge in [0.15, 0.2) is 0 Å². The summed E-state index contributed by atoms with van der Waals surface area (Å²) < 4.78 is 26.6. The Kier molecular flexibility index (Phi) is 14.0. The molecule has 0 heterocycles. The van der Waals surface area contributed by atoms with Crippen molar-refractivity contribution in [1.82, 2.24) is 0 Å². The van der Waals surface area contributed by atoms with Crippen molar-refractivity contribution in [2.24, 2.45) is 16.2 Å². The zero-order chi connectivity index (χ0) is 41.2. The number of halogens is 4. The second-order valence-corrected chi connectivity index (χ2v) is 21.3. The Morgan fingerprint density at radius 3 is 1.28 bits per heavy atom. The second kappa shape index (κ2) is 17.1. The van der Waals surface area contributed by atoms with E-state index in [0.29, 0.717) is 5.41 Å². The number of hydrogen-bond donors (Lipinski definition) is 0. The van der Waals surface area contributed by atoms with Gasteiger partial charge in [0.2, 0.25) is 0 Å². The van der Waals surface area contributed by atoms with Crippen molar-refractivity contribution in [3.05, 3.63) is 160 Å². The number of fused-ring (bicyclic) bond motifs is 5. The van der Waals surface area contributed by atoms with Crippen molar-refractivity contribution in [3.8, 4) is 0 Å². The second-order valence-electron chi connectivity index (χ2n) is 20.0. The van der Waals surface area contributed by atoms with Crippen LogP contribution < -0.4 is 24.8 Å². The van der Waals surface area contributed by atoms with Crippen LogP contribution >= 0.6 is 0 Å². The van der Waals surface area contributed by atoms with Gasteiger partial charge in [0.25, 0.3) is 0 Å². The molecule has 0 saturated heterocycles.